The van der Waals surface area contributed by atoms with Gasteiger partial charge in [-0.1, -0.05) is 30.8 Å². The van der Waals surface area contributed by atoms with E-state index in [0.29, 0.717) is 28.7 Å². The minimum absolute atomic E-state index is 0.210. The standard InChI is InChI=1S/C20H25N5O5S3/c1-3-16-23-15(10-31-16)14(8-12-4-6-13(7-5-12)25-33(28)29)24-20-18(22-11-32-20)19(27)21-9-17(26)30-2/h4-7,10,14,22,24-25H,3,8-9,11H2,1-2H3,(H,21,27)(H,28,29)/t14-/m0/s1. The van der Waals surface area contributed by atoms with E-state index in [4.69, 9.17) is 9.54 Å². The molecule has 0 saturated heterocycles. The monoisotopic (exact) mass is 511 g/mol. The molecule has 2 atom stereocenters. The number of nitrogens with zero attached hydrogens (tertiary/aromatic N) is 1. The van der Waals surface area contributed by atoms with Crippen molar-refractivity contribution < 1.29 is 23.1 Å². The number of hydrogen-bond acceptors (Lipinski definition) is 9. The highest BCUT2D eigenvalue weighted by Crippen LogP contribution is 2.29. The van der Waals surface area contributed by atoms with Gasteiger partial charge in [0.15, 0.2) is 0 Å². The molecule has 33 heavy (non-hydrogen) atoms. The molecule has 0 bridgehead atoms. The van der Waals surface area contributed by atoms with Crippen LogP contribution in [0.1, 0.15) is 29.2 Å². The zero-order chi connectivity index (χ0) is 23.8. The number of ether oxygens (including phenoxy) is 1. The van der Waals surface area contributed by atoms with Crippen LogP contribution in [0.3, 0.4) is 0 Å². The number of thioether (sulfide) groups is 1. The molecule has 1 aromatic carbocycles. The molecule has 1 aromatic heterocycles. The third-order valence-electron chi connectivity index (χ3n) is 4.67. The van der Waals surface area contributed by atoms with Gasteiger partial charge >= 0.3 is 5.97 Å². The van der Waals surface area contributed by atoms with Gasteiger partial charge in [-0.3, -0.25) is 18.9 Å². The van der Waals surface area contributed by atoms with Crippen molar-refractivity contribution >= 4 is 51.9 Å². The van der Waals surface area contributed by atoms with Crippen molar-refractivity contribution in [3.8, 4) is 0 Å². The second-order valence-corrected chi connectivity index (χ2v) is 9.53. The molecule has 0 spiro atoms. The van der Waals surface area contributed by atoms with Crippen molar-refractivity contribution in [1.29, 1.82) is 0 Å². The van der Waals surface area contributed by atoms with Gasteiger partial charge in [0, 0.05) is 11.1 Å². The Bertz CT molecular complexity index is 1040. The van der Waals surface area contributed by atoms with Crippen LogP contribution >= 0.6 is 23.1 Å². The predicted molar refractivity (Wildman–Crippen MR) is 130 cm³/mol. The fourth-order valence-corrected chi connectivity index (χ4v) is 5.06. The second kappa shape index (κ2) is 12.0. The molecule has 3 rings (SSSR count). The van der Waals surface area contributed by atoms with Gasteiger partial charge in [-0.05, 0) is 30.5 Å². The number of rotatable bonds is 11. The van der Waals surface area contributed by atoms with Crippen LogP contribution in [0.4, 0.5) is 5.69 Å². The first-order valence-corrected chi connectivity index (χ1v) is 13.0. The van der Waals surface area contributed by atoms with Crippen molar-refractivity contribution in [2.75, 3.05) is 24.3 Å². The number of aryl methyl sites for hydroxylation is 1. The molecule has 10 nitrogen and oxygen atoms in total. The Morgan fingerprint density at radius 1 is 1.33 bits per heavy atom. The number of anilines is 1. The highest BCUT2D eigenvalue weighted by molar-refractivity contribution is 8.03. The van der Waals surface area contributed by atoms with Crippen LogP contribution in [-0.2, 0) is 38.4 Å². The quantitative estimate of drug-likeness (QED) is 0.226. The number of methoxy groups -OCH3 is 1. The largest absolute Gasteiger partial charge is 0.468 e. The lowest BCUT2D eigenvalue weighted by atomic mass is 10.0. The summed E-state index contributed by atoms with van der Waals surface area (Å²) in [5, 5.41) is 12.7. The number of benzene rings is 1. The van der Waals surface area contributed by atoms with Gasteiger partial charge in [-0.25, -0.2) is 9.19 Å². The molecule has 1 aliphatic rings. The summed E-state index contributed by atoms with van der Waals surface area (Å²) in [6.45, 7) is 1.83. The van der Waals surface area contributed by atoms with Gasteiger partial charge in [0.2, 0.25) is 0 Å². The van der Waals surface area contributed by atoms with Gasteiger partial charge in [-0.15, -0.1) is 11.3 Å². The van der Waals surface area contributed by atoms with Crippen molar-refractivity contribution in [3.63, 3.8) is 0 Å². The van der Waals surface area contributed by atoms with Crippen LogP contribution in [0.25, 0.3) is 0 Å². The van der Waals surface area contributed by atoms with Crippen LogP contribution in [0.5, 0.6) is 0 Å². The summed E-state index contributed by atoms with van der Waals surface area (Å²) in [4.78, 5) is 28.6. The maximum atomic E-state index is 12.6. The number of amides is 1. The van der Waals surface area contributed by atoms with Gasteiger partial charge < -0.3 is 20.7 Å². The van der Waals surface area contributed by atoms with E-state index < -0.39 is 23.1 Å². The summed E-state index contributed by atoms with van der Waals surface area (Å²) in [5.41, 5.74) is 2.75. The molecule has 1 aliphatic heterocycles. The Morgan fingerprint density at radius 3 is 2.73 bits per heavy atom. The van der Waals surface area contributed by atoms with E-state index in [1.54, 1.807) is 23.5 Å². The fraction of sp³-hybridized carbons (Fsp3) is 0.350. The van der Waals surface area contributed by atoms with Crippen LogP contribution in [0.2, 0.25) is 0 Å². The van der Waals surface area contributed by atoms with Crippen molar-refractivity contribution in [2.45, 2.75) is 25.8 Å². The molecule has 2 aromatic rings. The summed E-state index contributed by atoms with van der Waals surface area (Å²) < 4.78 is 26.9. The number of esters is 1. The summed E-state index contributed by atoms with van der Waals surface area (Å²) in [6.07, 6.45) is 1.41. The number of carbonyl (C=O) groups excluding carboxylic acids is 2. The molecule has 0 saturated carbocycles. The Hall–Kier alpha value is -2.61. The van der Waals surface area contributed by atoms with E-state index in [1.165, 1.54) is 18.9 Å². The molecule has 1 unspecified atom stereocenters. The van der Waals surface area contributed by atoms with Crippen LogP contribution in [0.15, 0.2) is 40.4 Å². The zero-order valence-corrected chi connectivity index (χ0v) is 20.5. The van der Waals surface area contributed by atoms with Gasteiger partial charge in [0.1, 0.15) is 12.2 Å². The van der Waals surface area contributed by atoms with E-state index in [-0.39, 0.29) is 12.6 Å². The first-order chi connectivity index (χ1) is 15.9. The van der Waals surface area contributed by atoms with Crippen molar-refractivity contribution in [1.82, 2.24) is 20.9 Å². The van der Waals surface area contributed by atoms with E-state index in [2.05, 4.69) is 25.4 Å². The minimum atomic E-state index is -2.13. The van der Waals surface area contributed by atoms with Crippen LogP contribution in [-0.4, -0.2) is 45.2 Å². The van der Waals surface area contributed by atoms with E-state index >= 15 is 0 Å². The van der Waals surface area contributed by atoms with Gasteiger partial charge in [0.25, 0.3) is 17.2 Å². The number of aromatic nitrogens is 1. The molecule has 5 N–H and O–H groups in total. The summed E-state index contributed by atoms with van der Waals surface area (Å²) >= 11 is 0.910. The molecule has 0 fully saturated rings. The lowest BCUT2D eigenvalue weighted by molar-refractivity contribution is -0.140. The molecule has 2 heterocycles. The van der Waals surface area contributed by atoms with Gasteiger partial charge in [0.05, 0.1) is 34.8 Å². The average Bonchev–Trinajstić information content (AvgIpc) is 3.47. The van der Waals surface area contributed by atoms with Crippen molar-refractivity contribution in [3.05, 3.63) is 56.6 Å². The molecular formula is C20H25N5O5S3. The Labute approximate surface area is 202 Å². The highest BCUT2D eigenvalue weighted by atomic mass is 32.2. The Balaban J connectivity index is 1.80. The highest BCUT2D eigenvalue weighted by Gasteiger charge is 2.26. The number of hydrogen-bond donors (Lipinski definition) is 5. The minimum Gasteiger partial charge on any atom is -0.468 e. The first-order valence-electron chi connectivity index (χ1n) is 10.0. The predicted octanol–water partition coefficient (Wildman–Crippen LogP) is 1.88. The maximum Gasteiger partial charge on any atom is 0.325 e. The third-order valence-corrected chi connectivity index (χ3v) is 6.99. The van der Waals surface area contributed by atoms with Crippen molar-refractivity contribution in [2.24, 2.45) is 0 Å². The number of thiazole rings is 1. The Kier molecular flexibility index (Phi) is 9.11. The fourth-order valence-electron chi connectivity index (χ4n) is 3.02. The molecular weight excluding hydrogens is 486 g/mol. The van der Waals surface area contributed by atoms with Crippen LogP contribution < -0.4 is 20.7 Å². The maximum absolute atomic E-state index is 12.6. The Morgan fingerprint density at radius 2 is 2.09 bits per heavy atom. The number of nitrogens with one attached hydrogen (secondary N) is 4. The second-order valence-electron chi connectivity index (χ2n) is 6.90. The average molecular weight is 512 g/mol. The molecule has 1 amide bonds. The van der Waals surface area contributed by atoms with E-state index in [0.717, 1.165) is 22.7 Å². The third kappa shape index (κ3) is 7.19. The molecule has 178 valence electrons. The summed E-state index contributed by atoms with van der Waals surface area (Å²) in [5.74, 6) is -0.405. The molecule has 0 radical (unpaired) electrons. The number of carbonyl (C=O) groups is 2. The lowest BCUT2D eigenvalue weighted by Crippen LogP contribution is -2.35. The van der Waals surface area contributed by atoms with Gasteiger partial charge in [-0.2, -0.15) is 0 Å². The normalized spacial score (nSPS) is 14.9. The summed E-state index contributed by atoms with van der Waals surface area (Å²) in [7, 11) is 1.26. The van der Waals surface area contributed by atoms with E-state index in [1.807, 2.05) is 24.4 Å². The first kappa shape index (κ1) is 25.0. The molecule has 0 aliphatic carbocycles. The summed E-state index contributed by atoms with van der Waals surface area (Å²) in [6, 6.07) is 6.99. The molecule has 13 heteroatoms. The van der Waals surface area contributed by atoms with E-state index in [9.17, 15) is 13.8 Å². The van der Waals surface area contributed by atoms with Crippen LogP contribution in [0, 0.1) is 0 Å². The smallest absolute Gasteiger partial charge is 0.325 e. The lowest BCUT2D eigenvalue weighted by Gasteiger charge is -2.20. The topological polar surface area (TPSA) is 142 Å². The SMILES string of the molecule is CCc1nc([C@H](Cc2ccc(NS(=O)O)cc2)NC2=C(C(=O)NCC(=O)OC)NCS2)cs1. The zero-order valence-electron chi connectivity index (χ0n) is 18.0.